The topological polar surface area (TPSA) is 26.0 Å². The summed E-state index contributed by atoms with van der Waals surface area (Å²) in [7, 11) is 0. The smallest absolute Gasteiger partial charge is 0.316 e. The summed E-state index contributed by atoms with van der Waals surface area (Å²) >= 11 is 2.78. The first-order valence-corrected chi connectivity index (χ1v) is 4.39. The summed E-state index contributed by atoms with van der Waals surface area (Å²) < 4.78 is 49.5. The zero-order valence-electron chi connectivity index (χ0n) is 7.18. The number of rotatable bonds is 1. The van der Waals surface area contributed by atoms with Crippen LogP contribution in [0.4, 0.5) is 17.6 Å². The molecule has 0 unspecified atom stereocenters. The molecule has 0 heterocycles. The minimum absolute atomic E-state index is 0. The van der Waals surface area contributed by atoms with Crippen molar-refractivity contribution in [1.82, 2.24) is 0 Å². The molecule has 1 atom stereocenters. The zero-order chi connectivity index (χ0) is 10.9. The molecule has 0 aliphatic heterocycles. The molecule has 0 bridgehead atoms. The fourth-order valence-electron chi connectivity index (χ4n) is 0.937. The molecular weight excluding hydrogens is 301 g/mol. The second kappa shape index (κ2) is 5.14. The molecule has 0 saturated heterocycles. The van der Waals surface area contributed by atoms with Crippen molar-refractivity contribution in [2.45, 2.75) is 12.2 Å². The van der Waals surface area contributed by atoms with E-state index in [0.717, 1.165) is 6.07 Å². The first-order chi connectivity index (χ1) is 6.34. The van der Waals surface area contributed by atoms with E-state index in [1.807, 2.05) is 0 Å². The fraction of sp³-hybridized carbons (Fsp3) is 0.250. The van der Waals surface area contributed by atoms with Crippen molar-refractivity contribution in [3.8, 4) is 0 Å². The van der Waals surface area contributed by atoms with Gasteiger partial charge in [-0.15, -0.1) is 12.4 Å². The SMILES string of the molecule is Cl.N[C@@H](c1cccc(Br)c1F)C(F)(F)F. The minimum atomic E-state index is -4.64. The van der Waals surface area contributed by atoms with Gasteiger partial charge in [0.2, 0.25) is 0 Å². The first kappa shape index (κ1) is 14.7. The van der Waals surface area contributed by atoms with Crippen LogP contribution in [0.25, 0.3) is 0 Å². The lowest BCUT2D eigenvalue weighted by molar-refractivity contribution is -0.149. The Balaban J connectivity index is 0.00000196. The van der Waals surface area contributed by atoms with Gasteiger partial charge in [-0.2, -0.15) is 13.2 Å². The average Bonchev–Trinajstić information content (AvgIpc) is 2.07. The van der Waals surface area contributed by atoms with Crippen LogP contribution >= 0.6 is 28.3 Å². The van der Waals surface area contributed by atoms with Crippen molar-refractivity contribution in [2.75, 3.05) is 0 Å². The zero-order valence-corrected chi connectivity index (χ0v) is 9.59. The van der Waals surface area contributed by atoms with Crippen LogP contribution in [0, 0.1) is 5.82 Å². The van der Waals surface area contributed by atoms with E-state index in [0.29, 0.717) is 0 Å². The molecular formula is C8H7BrClF4N. The maximum Gasteiger partial charge on any atom is 0.407 e. The molecule has 0 saturated carbocycles. The molecule has 1 aromatic carbocycles. The Kier molecular flexibility index (Phi) is 5.02. The summed E-state index contributed by atoms with van der Waals surface area (Å²) in [6, 6.07) is 1.33. The Morgan fingerprint density at radius 3 is 2.27 bits per heavy atom. The average molecular weight is 308 g/mol. The monoisotopic (exact) mass is 307 g/mol. The highest BCUT2D eigenvalue weighted by Crippen LogP contribution is 2.33. The van der Waals surface area contributed by atoms with E-state index < -0.39 is 23.6 Å². The largest absolute Gasteiger partial charge is 0.407 e. The third-order valence-electron chi connectivity index (χ3n) is 1.67. The van der Waals surface area contributed by atoms with E-state index in [2.05, 4.69) is 15.9 Å². The maximum absolute atomic E-state index is 13.2. The fourth-order valence-corrected chi connectivity index (χ4v) is 1.32. The normalized spacial score (nSPS) is 13.2. The number of alkyl halides is 3. The summed E-state index contributed by atoms with van der Waals surface area (Å²) in [5.41, 5.74) is 4.29. The van der Waals surface area contributed by atoms with Gasteiger partial charge in [0.25, 0.3) is 0 Å². The Labute approximate surface area is 98.2 Å². The third kappa shape index (κ3) is 3.32. The van der Waals surface area contributed by atoms with Crippen molar-refractivity contribution in [1.29, 1.82) is 0 Å². The second-order valence-electron chi connectivity index (χ2n) is 2.66. The molecule has 0 radical (unpaired) electrons. The van der Waals surface area contributed by atoms with Gasteiger partial charge in [-0.05, 0) is 22.0 Å². The Morgan fingerprint density at radius 2 is 1.80 bits per heavy atom. The van der Waals surface area contributed by atoms with Crippen LogP contribution in [0.5, 0.6) is 0 Å². The van der Waals surface area contributed by atoms with E-state index in [1.54, 1.807) is 0 Å². The van der Waals surface area contributed by atoms with E-state index in [9.17, 15) is 17.6 Å². The predicted octanol–water partition coefficient (Wildman–Crippen LogP) is 3.57. The van der Waals surface area contributed by atoms with Crippen molar-refractivity contribution < 1.29 is 17.6 Å². The van der Waals surface area contributed by atoms with Crippen LogP contribution in [0.2, 0.25) is 0 Å². The van der Waals surface area contributed by atoms with Gasteiger partial charge in [0.1, 0.15) is 11.9 Å². The second-order valence-corrected chi connectivity index (χ2v) is 3.52. The van der Waals surface area contributed by atoms with E-state index in [-0.39, 0.29) is 16.9 Å². The van der Waals surface area contributed by atoms with Gasteiger partial charge in [0.15, 0.2) is 0 Å². The van der Waals surface area contributed by atoms with Gasteiger partial charge < -0.3 is 5.73 Å². The van der Waals surface area contributed by atoms with E-state index in [1.165, 1.54) is 12.1 Å². The highest BCUT2D eigenvalue weighted by atomic mass is 79.9. The molecule has 1 rings (SSSR count). The lowest BCUT2D eigenvalue weighted by Gasteiger charge is -2.16. The summed E-state index contributed by atoms with van der Waals surface area (Å²) in [5.74, 6) is -0.975. The van der Waals surface area contributed by atoms with Crippen LogP contribution in [0.1, 0.15) is 11.6 Å². The Morgan fingerprint density at radius 1 is 1.27 bits per heavy atom. The highest BCUT2D eigenvalue weighted by Gasteiger charge is 2.39. The molecule has 0 aliphatic rings. The van der Waals surface area contributed by atoms with Crippen LogP contribution in [0.15, 0.2) is 22.7 Å². The predicted molar refractivity (Wildman–Crippen MR) is 54.3 cm³/mol. The van der Waals surface area contributed by atoms with Crippen molar-refractivity contribution >= 4 is 28.3 Å². The van der Waals surface area contributed by atoms with E-state index >= 15 is 0 Å². The van der Waals surface area contributed by atoms with Crippen molar-refractivity contribution in [3.63, 3.8) is 0 Å². The van der Waals surface area contributed by atoms with Gasteiger partial charge in [-0.25, -0.2) is 4.39 Å². The minimum Gasteiger partial charge on any atom is -0.316 e. The molecule has 0 spiro atoms. The summed E-state index contributed by atoms with van der Waals surface area (Å²) in [5, 5.41) is 0. The molecule has 0 aromatic heterocycles. The van der Waals surface area contributed by atoms with Crippen LogP contribution < -0.4 is 5.73 Å². The van der Waals surface area contributed by atoms with Gasteiger partial charge >= 0.3 is 6.18 Å². The molecule has 1 aromatic rings. The van der Waals surface area contributed by atoms with Gasteiger partial charge in [-0.3, -0.25) is 0 Å². The quantitative estimate of drug-likeness (QED) is 0.789. The number of hydrogen-bond acceptors (Lipinski definition) is 1. The molecule has 7 heteroatoms. The number of halogens is 6. The Bertz CT molecular complexity index is 342. The maximum atomic E-state index is 13.2. The van der Waals surface area contributed by atoms with E-state index in [4.69, 9.17) is 5.73 Å². The molecule has 15 heavy (non-hydrogen) atoms. The van der Waals surface area contributed by atoms with Crippen molar-refractivity contribution in [2.24, 2.45) is 5.73 Å². The number of benzene rings is 1. The lowest BCUT2D eigenvalue weighted by atomic mass is 10.1. The Hall–Kier alpha value is -0.330. The summed E-state index contributed by atoms with van der Waals surface area (Å²) in [6.07, 6.45) is -4.64. The molecule has 1 nitrogen and oxygen atoms in total. The molecule has 86 valence electrons. The molecule has 0 aliphatic carbocycles. The van der Waals surface area contributed by atoms with Gasteiger partial charge in [-0.1, -0.05) is 12.1 Å². The van der Waals surface area contributed by atoms with Crippen LogP contribution in [-0.4, -0.2) is 6.18 Å². The summed E-state index contributed by atoms with van der Waals surface area (Å²) in [6.45, 7) is 0. The lowest BCUT2D eigenvalue weighted by Crippen LogP contribution is -2.29. The summed E-state index contributed by atoms with van der Waals surface area (Å²) in [4.78, 5) is 0. The van der Waals surface area contributed by atoms with Crippen LogP contribution in [0.3, 0.4) is 0 Å². The third-order valence-corrected chi connectivity index (χ3v) is 2.28. The first-order valence-electron chi connectivity index (χ1n) is 3.60. The van der Waals surface area contributed by atoms with Crippen molar-refractivity contribution in [3.05, 3.63) is 34.1 Å². The molecule has 0 amide bonds. The molecule has 0 fully saturated rings. The highest BCUT2D eigenvalue weighted by molar-refractivity contribution is 9.10. The standard InChI is InChI=1S/C8H6BrF4N.ClH/c9-5-3-1-2-4(6(5)10)7(14)8(11,12)13;/h1-3,7H,14H2;1H/t7-;/m0./s1. The molecule has 2 N–H and O–H groups in total. The van der Waals surface area contributed by atoms with Crippen LogP contribution in [-0.2, 0) is 0 Å². The van der Waals surface area contributed by atoms with Gasteiger partial charge in [0.05, 0.1) is 4.47 Å². The number of hydrogen-bond donors (Lipinski definition) is 1. The van der Waals surface area contributed by atoms with Gasteiger partial charge in [0, 0.05) is 5.56 Å². The number of nitrogens with two attached hydrogens (primary N) is 1.